The lowest BCUT2D eigenvalue weighted by Gasteiger charge is -2.31. The minimum atomic E-state index is -1.96. The first kappa shape index (κ1) is 85.7. The third kappa shape index (κ3) is 30.5. The Kier molecular flexibility index (Phi) is 36.8. The number of carboxylic acids is 2. The van der Waals surface area contributed by atoms with Crippen LogP contribution < -0.4 is 88.0 Å². The zero-order chi connectivity index (χ0) is 77.0. The van der Waals surface area contributed by atoms with Crippen LogP contribution in [0.4, 0.5) is 0 Å². The molecule has 104 heavy (non-hydrogen) atoms. The Labute approximate surface area is 603 Å². The second-order valence-corrected chi connectivity index (χ2v) is 25.7. The number of likely N-dealkylation sites (tertiary alicyclic amines) is 1. The van der Waals surface area contributed by atoms with E-state index < -0.39 is 169 Å². The number of hydrogen-bond acceptors (Lipinski definition) is 21. The molecule has 39 heteroatoms. The second kappa shape index (κ2) is 44.7. The molecule has 12 atom stereocenters. The first-order chi connectivity index (χ1) is 49.4. The average Bonchev–Trinajstić information content (AvgIpc) is 1.62. The Morgan fingerprint density at radius 3 is 1.65 bits per heavy atom. The number of nitrogens with one attached hydrogen (secondary N) is 10. The molecule has 0 unspecified atom stereocenters. The largest absolute Gasteiger partial charge is 0.508 e. The minimum Gasteiger partial charge on any atom is -0.508 e. The van der Waals surface area contributed by atoms with Crippen molar-refractivity contribution in [3.63, 3.8) is 0 Å². The summed E-state index contributed by atoms with van der Waals surface area (Å²) >= 11 is 1.34. The summed E-state index contributed by atoms with van der Waals surface area (Å²) in [6.45, 7) is 1.45. The summed E-state index contributed by atoms with van der Waals surface area (Å²) in [7, 11) is 0. The Morgan fingerprint density at radius 2 is 1.11 bits per heavy atom. The lowest BCUT2D eigenvalue weighted by Crippen LogP contribution is -2.62. The molecular formula is C65H99N21O17S. The number of primary amides is 1. The highest BCUT2D eigenvalue weighted by Crippen LogP contribution is 2.22. The summed E-state index contributed by atoms with van der Waals surface area (Å²) in [6, 6.07) is -2.57. The number of aliphatic carboxylic acids is 2. The molecule has 38 nitrogen and oxygen atoms in total. The molecule has 28 N–H and O–H groups in total. The van der Waals surface area contributed by atoms with E-state index in [0.29, 0.717) is 29.7 Å². The van der Waals surface area contributed by atoms with E-state index in [1.54, 1.807) is 36.6 Å². The number of aliphatic hydroxyl groups excluding tert-OH is 1. The topological polar surface area (TPSA) is 650 Å². The number of phenolic OH excluding ortho intramolecular Hbond substituents is 1. The zero-order valence-electron chi connectivity index (χ0n) is 58.0. The molecule has 2 heterocycles. The van der Waals surface area contributed by atoms with Crippen molar-refractivity contribution in [2.75, 3.05) is 38.2 Å². The van der Waals surface area contributed by atoms with Gasteiger partial charge in [0.05, 0.1) is 24.9 Å². The van der Waals surface area contributed by atoms with Crippen LogP contribution in [-0.4, -0.2) is 235 Å². The van der Waals surface area contributed by atoms with E-state index in [4.69, 9.17) is 40.1 Å². The summed E-state index contributed by atoms with van der Waals surface area (Å²) in [5, 5.41) is 62.8. The molecule has 0 aliphatic carbocycles. The summed E-state index contributed by atoms with van der Waals surface area (Å²) in [6.07, 6.45) is 0.769. The summed E-state index contributed by atoms with van der Waals surface area (Å²) in [5.74, 6) is -14.0. The van der Waals surface area contributed by atoms with Crippen LogP contribution in [0.3, 0.4) is 0 Å². The number of guanidine groups is 2. The van der Waals surface area contributed by atoms with Gasteiger partial charge in [0.1, 0.15) is 66.2 Å². The number of aliphatic hydroxyl groups is 1. The van der Waals surface area contributed by atoms with Crippen LogP contribution in [-0.2, 0) is 81.6 Å². The second-order valence-electron chi connectivity index (χ2n) is 24.8. The van der Waals surface area contributed by atoms with Crippen LogP contribution in [0.1, 0.15) is 107 Å². The predicted molar refractivity (Wildman–Crippen MR) is 380 cm³/mol. The molecule has 1 fully saturated rings. The summed E-state index contributed by atoms with van der Waals surface area (Å²) in [4.78, 5) is 195. The van der Waals surface area contributed by atoms with Gasteiger partial charge in [-0.3, -0.25) is 67.5 Å². The number of thioether (sulfide) groups is 1. The number of aromatic hydroxyl groups is 1. The molecule has 4 rings (SSSR count). The minimum absolute atomic E-state index is 0.00816. The molecular weight excluding hydrogens is 1380 g/mol. The molecule has 11 amide bonds. The van der Waals surface area contributed by atoms with Gasteiger partial charge in [-0.1, -0.05) is 42.5 Å². The van der Waals surface area contributed by atoms with E-state index >= 15 is 0 Å². The Balaban J connectivity index is 1.60. The first-order valence-electron chi connectivity index (χ1n) is 33.7. The third-order valence-electron chi connectivity index (χ3n) is 16.4. The predicted octanol–water partition coefficient (Wildman–Crippen LogP) is -5.98. The number of nitrogens with zero attached hydrogens (tertiary/aromatic N) is 4. The fourth-order valence-electron chi connectivity index (χ4n) is 10.9. The van der Waals surface area contributed by atoms with Gasteiger partial charge < -0.3 is 118 Å². The molecule has 0 spiro atoms. The monoisotopic (exact) mass is 1480 g/mol. The smallest absolute Gasteiger partial charge is 0.326 e. The van der Waals surface area contributed by atoms with Crippen molar-refractivity contribution in [1.29, 1.82) is 0 Å². The lowest BCUT2D eigenvalue weighted by molar-refractivity contribution is -0.142. The maximum absolute atomic E-state index is 14.8. The molecule has 1 aliphatic rings. The third-order valence-corrected chi connectivity index (χ3v) is 17.1. The van der Waals surface area contributed by atoms with Crippen LogP contribution in [0.5, 0.6) is 5.75 Å². The number of phenols is 1. The van der Waals surface area contributed by atoms with Crippen molar-refractivity contribution in [2.24, 2.45) is 50.1 Å². The van der Waals surface area contributed by atoms with Crippen molar-refractivity contribution in [2.45, 2.75) is 182 Å². The van der Waals surface area contributed by atoms with Gasteiger partial charge in [-0.25, -0.2) is 9.78 Å². The van der Waals surface area contributed by atoms with Gasteiger partial charge in [0.25, 0.3) is 0 Å². The number of carboxylic acid groups (broad SMARTS) is 2. The van der Waals surface area contributed by atoms with E-state index in [-0.39, 0.29) is 120 Å². The van der Waals surface area contributed by atoms with E-state index in [1.165, 1.54) is 53.5 Å². The number of H-pyrrole nitrogens is 1. The highest BCUT2D eigenvalue weighted by Gasteiger charge is 2.41. The van der Waals surface area contributed by atoms with Gasteiger partial charge in [0.2, 0.25) is 65.0 Å². The normalized spacial score (nSPS) is 15.7. The van der Waals surface area contributed by atoms with Crippen molar-refractivity contribution in [3.05, 3.63) is 83.9 Å². The number of carbonyl (C=O) groups is 13. The lowest BCUT2D eigenvalue weighted by atomic mass is 10.0. The van der Waals surface area contributed by atoms with Crippen LogP contribution in [0.2, 0.25) is 0 Å². The number of benzene rings is 2. The fraction of sp³-hybridized carbons (Fsp3) is 0.538. The number of rotatable bonds is 47. The molecule has 0 saturated carbocycles. The number of aliphatic imine (C=N–C) groups is 2. The van der Waals surface area contributed by atoms with E-state index in [9.17, 15) is 82.8 Å². The van der Waals surface area contributed by atoms with Crippen LogP contribution in [0.25, 0.3) is 0 Å². The van der Waals surface area contributed by atoms with Crippen molar-refractivity contribution in [1.82, 2.24) is 62.7 Å². The molecule has 572 valence electrons. The van der Waals surface area contributed by atoms with Crippen LogP contribution in [0, 0.1) is 0 Å². The summed E-state index contributed by atoms with van der Waals surface area (Å²) < 4.78 is 0. The number of nitrogens with two attached hydrogens (primary N) is 7. The Morgan fingerprint density at radius 1 is 0.596 bits per heavy atom. The van der Waals surface area contributed by atoms with Crippen molar-refractivity contribution < 1.29 is 82.8 Å². The number of hydrogen-bond donors (Lipinski definition) is 21. The maximum atomic E-state index is 14.8. The van der Waals surface area contributed by atoms with Gasteiger partial charge in [-0.05, 0) is 119 Å². The van der Waals surface area contributed by atoms with Crippen LogP contribution in [0.15, 0.2) is 77.1 Å². The van der Waals surface area contributed by atoms with Gasteiger partial charge in [0, 0.05) is 57.2 Å². The van der Waals surface area contributed by atoms with E-state index in [2.05, 4.69) is 67.8 Å². The van der Waals surface area contributed by atoms with Crippen molar-refractivity contribution >= 4 is 101 Å². The quantitative estimate of drug-likeness (QED) is 0.0142. The van der Waals surface area contributed by atoms with Crippen molar-refractivity contribution in [3.8, 4) is 5.75 Å². The highest BCUT2D eigenvalue weighted by molar-refractivity contribution is 7.98. The molecule has 1 saturated heterocycles. The number of carbonyl (C=O) groups excluding carboxylic acids is 11. The SMILES string of the molecule is CSCC[C@H](NC(=O)[C@@H]1CCCN1C(=O)[C@H](Cc1ccccc1)NC(=O)[C@@H](N)CCCN=C(N)N)C(=O)N[C@@H](CCCN=C(N)N)C(=O)N[C@@H](Cc1cnc[nH]1)C(=O)N[C@@H](CCC(=O)O)C(=O)N[C@@H](CCCCN)C(=O)N[C@H](C(=O)N[C@@H](CC(N)=O)C(=O)N[C@@H](Cc1ccc(O)cc1)C(=O)O)[C@@H](C)O. The average molecular weight is 1480 g/mol. The number of amides is 11. The Hall–Kier alpha value is -10.7. The van der Waals surface area contributed by atoms with E-state index in [1.807, 2.05) is 0 Å². The first-order valence-corrected chi connectivity index (χ1v) is 35.1. The molecule has 3 aromatic rings. The van der Waals surface area contributed by atoms with Gasteiger partial charge in [-0.15, -0.1) is 0 Å². The molecule has 1 aliphatic heterocycles. The molecule has 0 bridgehead atoms. The highest BCUT2D eigenvalue weighted by atomic mass is 32.2. The summed E-state index contributed by atoms with van der Waals surface area (Å²) in [5.41, 5.74) is 40.7. The number of aromatic nitrogens is 2. The van der Waals surface area contributed by atoms with Gasteiger partial charge in [0.15, 0.2) is 11.9 Å². The van der Waals surface area contributed by atoms with Gasteiger partial charge in [-0.2, -0.15) is 11.8 Å². The zero-order valence-corrected chi connectivity index (χ0v) is 58.8. The fourth-order valence-corrected chi connectivity index (χ4v) is 11.4. The number of imidazole rings is 1. The standard InChI is InChI=1S/C65H99N21O17S/c1-35(87)52(61(100)82-46(32-50(68)89)59(98)84-48(63(102)103)30-37-17-19-39(88)20-18-37)85-57(96)41(14-6-7-24-66)77-55(94)43(21-22-51(90)91)79-58(97)45(31-38-33-73-34-76-38)81-54(93)42(15-9-26-75-65(71)72)78-56(95)44(23-28-104-2)80-60(99)49-16-10-27-86(49)62(101)47(29-36-11-4-3-5-12-36)83-53(92)40(67)13-8-25-74-64(69)70/h3-5,11-12,17-20,33-35,40-49,52,87-88H,6-10,13-16,21-32,66-67H2,1-2H3,(H2,68,89)(H,73,76)(H,77,94)(H,78,95)(H,79,97)(H,80,99)(H,81,93)(H,82,100)(H,83,92)(H,84,98)(H,85,96)(H,90,91)(H,102,103)(H4,69,70,74)(H4,71,72,75)/t35-,40+,41+,42+,43+,44+,45+,46+,47+,48+,49+,52+/m1/s1. The Bertz CT molecular complexity index is 3420. The molecule has 2 aromatic carbocycles. The number of aromatic amines is 1. The van der Waals surface area contributed by atoms with Gasteiger partial charge >= 0.3 is 11.9 Å². The molecule has 0 radical (unpaired) electrons. The maximum Gasteiger partial charge on any atom is 0.326 e. The molecule has 1 aromatic heterocycles. The van der Waals surface area contributed by atoms with Crippen LogP contribution >= 0.6 is 11.8 Å². The number of unbranched alkanes of at least 4 members (excludes halogenated alkanes) is 1. The van der Waals surface area contributed by atoms with E-state index in [0.717, 1.165) is 6.92 Å².